The zero-order chi connectivity index (χ0) is 11.3. The van der Waals surface area contributed by atoms with Gasteiger partial charge < -0.3 is 9.16 Å². The van der Waals surface area contributed by atoms with E-state index in [0.717, 1.165) is 0 Å². The fourth-order valence-corrected chi connectivity index (χ4v) is 3.44. The minimum absolute atomic E-state index is 0.314. The Balaban J connectivity index is 1.96. The van der Waals surface area contributed by atoms with Crippen LogP contribution in [-0.4, -0.2) is 26.6 Å². The standard InChI is InChI=1S/C12H24O2Si/c1-12(2,3)15(4,5)14-10-8-6-7-9-11(10)13-9/h9-11H,6-8H2,1-5H3/t9?,10-,11+/m0/s1. The van der Waals surface area contributed by atoms with Crippen LogP contribution in [0.4, 0.5) is 0 Å². The molecule has 3 atom stereocenters. The zero-order valence-corrected chi connectivity index (χ0v) is 11.7. The molecule has 0 aromatic rings. The molecule has 2 aliphatic rings. The second kappa shape index (κ2) is 3.57. The predicted octanol–water partition coefficient (Wildman–Crippen LogP) is 3.33. The van der Waals surface area contributed by atoms with Gasteiger partial charge >= 0.3 is 0 Å². The van der Waals surface area contributed by atoms with Crippen LogP contribution in [0.15, 0.2) is 0 Å². The number of rotatable bonds is 2. The maximum Gasteiger partial charge on any atom is 0.192 e. The summed E-state index contributed by atoms with van der Waals surface area (Å²) in [4.78, 5) is 0. The lowest BCUT2D eigenvalue weighted by atomic mass is 9.98. The first-order valence-corrected chi connectivity index (χ1v) is 9.05. The zero-order valence-electron chi connectivity index (χ0n) is 10.7. The molecule has 0 amide bonds. The Hall–Kier alpha value is 0.137. The highest BCUT2D eigenvalue weighted by atomic mass is 28.4. The highest BCUT2D eigenvalue weighted by molar-refractivity contribution is 6.74. The van der Waals surface area contributed by atoms with E-state index in [9.17, 15) is 0 Å². The van der Waals surface area contributed by atoms with Crippen LogP contribution in [0.2, 0.25) is 18.1 Å². The van der Waals surface area contributed by atoms with Crippen LogP contribution in [0.5, 0.6) is 0 Å². The summed E-state index contributed by atoms with van der Waals surface area (Å²) in [5, 5.41) is 0.314. The SMILES string of the molecule is CC(C)(C)[Si](C)(C)O[C@H]1CCCC2O[C@H]21. The molecule has 1 saturated carbocycles. The lowest BCUT2D eigenvalue weighted by Crippen LogP contribution is -2.46. The molecule has 0 aromatic heterocycles. The molecular weight excluding hydrogens is 204 g/mol. The van der Waals surface area contributed by atoms with Gasteiger partial charge in [-0.15, -0.1) is 0 Å². The van der Waals surface area contributed by atoms with Crippen molar-refractivity contribution in [1.82, 2.24) is 0 Å². The average Bonchev–Trinajstić information content (AvgIpc) is 2.80. The molecule has 2 fully saturated rings. The maximum absolute atomic E-state index is 6.41. The topological polar surface area (TPSA) is 21.8 Å². The van der Waals surface area contributed by atoms with Gasteiger partial charge in [0.2, 0.25) is 0 Å². The molecule has 2 nitrogen and oxygen atoms in total. The Morgan fingerprint density at radius 3 is 2.47 bits per heavy atom. The lowest BCUT2D eigenvalue weighted by molar-refractivity contribution is 0.132. The van der Waals surface area contributed by atoms with Crippen LogP contribution in [0, 0.1) is 0 Å². The molecule has 1 saturated heterocycles. The second-order valence-electron chi connectivity index (χ2n) is 6.49. The van der Waals surface area contributed by atoms with Crippen LogP contribution in [0.3, 0.4) is 0 Å². The summed E-state index contributed by atoms with van der Waals surface area (Å²) >= 11 is 0. The van der Waals surface area contributed by atoms with E-state index in [2.05, 4.69) is 33.9 Å². The van der Waals surface area contributed by atoms with Crippen LogP contribution in [0.1, 0.15) is 40.0 Å². The summed E-state index contributed by atoms with van der Waals surface area (Å²) < 4.78 is 12.1. The summed E-state index contributed by atoms with van der Waals surface area (Å²) in [6.45, 7) is 11.6. The molecular formula is C12H24O2Si. The van der Waals surface area contributed by atoms with Gasteiger partial charge in [0.05, 0.1) is 12.2 Å². The van der Waals surface area contributed by atoms with E-state index < -0.39 is 8.32 Å². The minimum atomic E-state index is -1.59. The van der Waals surface area contributed by atoms with Crippen molar-refractivity contribution in [3.05, 3.63) is 0 Å². The van der Waals surface area contributed by atoms with E-state index in [4.69, 9.17) is 9.16 Å². The van der Waals surface area contributed by atoms with Crippen LogP contribution in [-0.2, 0) is 9.16 Å². The molecule has 1 aliphatic heterocycles. The van der Waals surface area contributed by atoms with Crippen molar-refractivity contribution in [2.75, 3.05) is 0 Å². The van der Waals surface area contributed by atoms with Crippen molar-refractivity contribution >= 4 is 8.32 Å². The quantitative estimate of drug-likeness (QED) is 0.534. The third-order valence-electron chi connectivity index (χ3n) is 4.22. The molecule has 1 aliphatic carbocycles. The van der Waals surface area contributed by atoms with Crippen molar-refractivity contribution < 1.29 is 9.16 Å². The molecule has 3 heteroatoms. The number of fused-ring (bicyclic) bond motifs is 1. The normalized spacial score (nSPS) is 36.2. The fraction of sp³-hybridized carbons (Fsp3) is 1.00. The summed E-state index contributed by atoms with van der Waals surface area (Å²) in [5.41, 5.74) is 0. The summed E-state index contributed by atoms with van der Waals surface area (Å²) in [5.74, 6) is 0. The first-order chi connectivity index (χ1) is 6.81. The molecule has 0 aromatic carbocycles. The highest BCUT2D eigenvalue weighted by Gasteiger charge is 2.51. The monoisotopic (exact) mass is 228 g/mol. The van der Waals surface area contributed by atoms with Crippen LogP contribution in [0.25, 0.3) is 0 Å². The van der Waals surface area contributed by atoms with Crippen molar-refractivity contribution in [2.45, 2.75) is 76.5 Å². The molecule has 0 radical (unpaired) electrons. The molecule has 0 bridgehead atoms. The summed E-state index contributed by atoms with van der Waals surface area (Å²) in [6.07, 6.45) is 5.10. The van der Waals surface area contributed by atoms with E-state index in [0.29, 0.717) is 23.4 Å². The van der Waals surface area contributed by atoms with Gasteiger partial charge in [0.25, 0.3) is 0 Å². The smallest absolute Gasteiger partial charge is 0.192 e. The third kappa shape index (κ3) is 2.29. The van der Waals surface area contributed by atoms with Gasteiger partial charge in [-0.3, -0.25) is 0 Å². The van der Waals surface area contributed by atoms with E-state index in [1.807, 2.05) is 0 Å². The number of hydrogen-bond acceptors (Lipinski definition) is 2. The largest absolute Gasteiger partial charge is 0.411 e. The molecule has 88 valence electrons. The van der Waals surface area contributed by atoms with E-state index in [1.54, 1.807) is 0 Å². The maximum atomic E-state index is 6.41. The number of epoxide rings is 1. The Bertz CT molecular complexity index is 244. The second-order valence-corrected chi connectivity index (χ2v) is 11.2. The Labute approximate surface area is 94.5 Å². The first-order valence-electron chi connectivity index (χ1n) is 6.14. The van der Waals surface area contributed by atoms with E-state index in [-0.39, 0.29) is 0 Å². The number of hydrogen-bond donors (Lipinski definition) is 0. The van der Waals surface area contributed by atoms with Crippen molar-refractivity contribution in [3.8, 4) is 0 Å². The predicted molar refractivity (Wildman–Crippen MR) is 64.6 cm³/mol. The van der Waals surface area contributed by atoms with Crippen LogP contribution >= 0.6 is 0 Å². The molecule has 0 spiro atoms. The van der Waals surface area contributed by atoms with Gasteiger partial charge in [0, 0.05) is 0 Å². The minimum Gasteiger partial charge on any atom is -0.411 e. The molecule has 1 heterocycles. The Kier molecular flexibility index (Phi) is 2.77. The van der Waals surface area contributed by atoms with Crippen molar-refractivity contribution in [2.24, 2.45) is 0 Å². The molecule has 2 rings (SSSR count). The summed E-state index contributed by atoms with van der Waals surface area (Å²) in [6, 6.07) is 0. The van der Waals surface area contributed by atoms with Gasteiger partial charge in [-0.1, -0.05) is 20.8 Å². The molecule has 1 unspecified atom stereocenters. The van der Waals surface area contributed by atoms with Crippen molar-refractivity contribution in [1.29, 1.82) is 0 Å². The van der Waals surface area contributed by atoms with Gasteiger partial charge in [-0.2, -0.15) is 0 Å². The third-order valence-corrected chi connectivity index (χ3v) is 8.72. The average molecular weight is 228 g/mol. The van der Waals surface area contributed by atoms with Gasteiger partial charge in [0.15, 0.2) is 8.32 Å². The van der Waals surface area contributed by atoms with E-state index >= 15 is 0 Å². The van der Waals surface area contributed by atoms with Crippen molar-refractivity contribution in [3.63, 3.8) is 0 Å². The molecule has 15 heavy (non-hydrogen) atoms. The molecule has 0 N–H and O–H groups in total. The van der Waals surface area contributed by atoms with Gasteiger partial charge in [-0.05, 0) is 37.4 Å². The summed E-state index contributed by atoms with van der Waals surface area (Å²) in [7, 11) is -1.59. The Morgan fingerprint density at radius 2 is 1.87 bits per heavy atom. The van der Waals surface area contributed by atoms with Gasteiger partial charge in [0.1, 0.15) is 6.10 Å². The fourth-order valence-electron chi connectivity index (χ4n) is 2.08. The lowest BCUT2D eigenvalue weighted by Gasteiger charge is -2.39. The highest BCUT2D eigenvalue weighted by Crippen LogP contribution is 2.43. The van der Waals surface area contributed by atoms with Crippen LogP contribution < -0.4 is 0 Å². The number of ether oxygens (including phenoxy) is 1. The van der Waals surface area contributed by atoms with Gasteiger partial charge in [-0.25, -0.2) is 0 Å². The first kappa shape index (κ1) is 11.6. The van der Waals surface area contributed by atoms with E-state index in [1.165, 1.54) is 19.3 Å². The Morgan fingerprint density at radius 1 is 1.20 bits per heavy atom.